The van der Waals surface area contributed by atoms with Crippen LogP contribution in [-0.2, 0) is 6.18 Å². The molecule has 0 fully saturated rings. The van der Waals surface area contributed by atoms with Crippen LogP contribution >= 0.6 is 11.3 Å². The van der Waals surface area contributed by atoms with Crippen molar-refractivity contribution < 1.29 is 23.4 Å². The van der Waals surface area contributed by atoms with Gasteiger partial charge in [-0.2, -0.15) is 18.3 Å². The number of thiazole rings is 1. The molecule has 0 spiro atoms. The molecule has 4 rings (SSSR count). The van der Waals surface area contributed by atoms with E-state index in [1.807, 2.05) is 0 Å². The molecular formula is C21H16F3N3O2S. The van der Waals surface area contributed by atoms with Crippen LogP contribution in [0.3, 0.4) is 0 Å². The number of hydrogen-bond donors (Lipinski definition) is 2. The van der Waals surface area contributed by atoms with Crippen LogP contribution in [0.2, 0.25) is 0 Å². The van der Waals surface area contributed by atoms with Crippen LogP contribution in [0.15, 0.2) is 47.8 Å². The smallest absolute Gasteiger partial charge is 0.434 e. The maximum absolute atomic E-state index is 14.3. The van der Waals surface area contributed by atoms with Crippen LogP contribution in [0.4, 0.5) is 13.2 Å². The van der Waals surface area contributed by atoms with Gasteiger partial charge in [0.25, 0.3) is 0 Å². The third kappa shape index (κ3) is 3.30. The summed E-state index contributed by atoms with van der Waals surface area (Å²) in [5.74, 6) is -0.502. The second-order valence-corrected chi connectivity index (χ2v) is 7.58. The molecule has 0 unspecified atom stereocenters. The fourth-order valence-corrected chi connectivity index (χ4v) is 4.02. The van der Waals surface area contributed by atoms with E-state index in [9.17, 15) is 23.4 Å². The number of aromatic nitrogens is 3. The van der Waals surface area contributed by atoms with Gasteiger partial charge in [0.15, 0.2) is 5.69 Å². The van der Waals surface area contributed by atoms with Crippen molar-refractivity contribution in [3.8, 4) is 39.0 Å². The van der Waals surface area contributed by atoms with Crippen molar-refractivity contribution >= 4 is 11.3 Å². The summed E-state index contributed by atoms with van der Waals surface area (Å²) in [7, 11) is 0. The van der Waals surface area contributed by atoms with Gasteiger partial charge in [-0.1, -0.05) is 18.2 Å². The van der Waals surface area contributed by atoms with Crippen molar-refractivity contribution in [2.45, 2.75) is 20.0 Å². The highest BCUT2D eigenvalue weighted by Gasteiger charge is 2.42. The van der Waals surface area contributed by atoms with E-state index in [1.54, 1.807) is 30.5 Å². The van der Waals surface area contributed by atoms with Gasteiger partial charge in [0.1, 0.15) is 22.2 Å². The van der Waals surface area contributed by atoms with Crippen LogP contribution in [0.5, 0.6) is 11.5 Å². The highest BCUT2D eigenvalue weighted by atomic mass is 32.1. The molecule has 0 aliphatic carbocycles. The summed E-state index contributed by atoms with van der Waals surface area (Å²) < 4.78 is 43.6. The molecule has 0 amide bonds. The van der Waals surface area contributed by atoms with Crippen LogP contribution in [0, 0.1) is 13.8 Å². The van der Waals surface area contributed by atoms with Crippen molar-refractivity contribution in [3.63, 3.8) is 0 Å². The average molecular weight is 431 g/mol. The molecule has 2 heterocycles. The van der Waals surface area contributed by atoms with E-state index in [4.69, 9.17) is 0 Å². The second-order valence-electron chi connectivity index (χ2n) is 6.72. The standard InChI is InChI=1S/C21H16F3N3O2S/c1-11-10-30-20(25-11)16-17(14-8-9-15(28)12(2)18(14)29)26-27(19(16)21(22,23)24)13-6-4-3-5-7-13/h3-10,28-29H,1-2H3. The van der Waals surface area contributed by atoms with E-state index in [0.29, 0.717) is 5.69 Å². The Kier molecular flexibility index (Phi) is 4.77. The number of benzene rings is 2. The zero-order chi connectivity index (χ0) is 21.6. The van der Waals surface area contributed by atoms with Gasteiger partial charge >= 0.3 is 6.18 Å². The van der Waals surface area contributed by atoms with E-state index in [0.717, 1.165) is 16.0 Å². The molecule has 2 aromatic heterocycles. The monoisotopic (exact) mass is 431 g/mol. The van der Waals surface area contributed by atoms with Crippen molar-refractivity contribution in [2.24, 2.45) is 0 Å². The van der Waals surface area contributed by atoms with Gasteiger partial charge in [-0.3, -0.25) is 0 Å². The van der Waals surface area contributed by atoms with E-state index in [1.165, 1.54) is 31.2 Å². The lowest BCUT2D eigenvalue weighted by molar-refractivity contribution is -0.142. The van der Waals surface area contributed by atoms with Gasteiger partial charge in [-0.05, 0) is 38.1 Å². The molecule has 30 heavy (non-hydrogen) atoms. The van der Waals surface area contributed by atoms with Crippen molar-refractivity contribution in [1.29, 1.82) is 0 Å². The van der Waals surface area contributed by atoms with Crippen LogP contribution in [-0.4, -0.2) is 25.0 Å². The molecule has 0 aliphatic heterocycles. The summed E-state index contributed by atoms with van der Waals surface area (Å²) in [6.45, 7) is 3.16. The largest absolute Gasteiger partial charge is 0.508 e. The summed E-state index contributed by atoms with van der Waals surface area (Å²) in [5, 5.41) is 26.5. The number of nitrogens with zero attached hydrogens (tertiary/aromatic N) is 3. The van der Waals surface area contributed by atoms with Gasteiger partial charge < -0.3 is 10.2 Å². The van der Waals surface area contributed by atoms with Crippen molar-refractivity contribution in [2.75, 3.05) is 0 Å². The Morgan fingerprint density at radius 2 is 1.70 bits per heavy atom. The molecule has 0 saturated carbocycles. The number of halogens is 3. The van der Waals surface area contributed by atoms with Gasteiger partial charge in [-0.15, -0.1) is 11.3 Å². The van der Waals surface area contributed by atoms with Crippen molar-refractivity contribution in [3.05, 3.63) is 64.8 Å². The number of hydrogen-bond acceptors (Lipinski definition) is 5. The molecule has 0 saturated heterocycles. The zero-order valence-electron chi connectivity index (χ0n) is 15.9. The summed E-state index contributed by atoms with van der Waals surface area (Å²) >= 11 is 1.07. The van der Waals surface area contributed by atoms with E-state index in [2.05, 4.69) is 10.1 Å². The Balaban J connectivity index is 2.13. The molecule has 9 heteroatoms. The molecule has 0 atom stereocenters. The number of phenolic OH excluding ortho intramolecular Hbond substituents is 2. The molecule has 2 N–H and O–H groups in total. The van der Waals surface area contributed by atoms with Gasteiger partial charge in [0.2, 0.25) is 0 Å². The Labute approximate surface area is 173 Å². The van der Waals surface area contributed by atoms with E-state index in [-0.39, 0.29) is 44.6 Å². The Bertz CT molecular complexity index is 1230. The minimum atomic E-state index is -4.74. The second kappa shape index (κ2) is 7.17. The number of aromatic hydroxyl groups is 2. The lowest BCUT2D eigenvalue weighted by Crippen LogP contribution is -2.14. The predicted molar refractivity (Wildman–Crippen MR) is 108 cm³/mol. The fourth-order valence-electron chi connectivity index (χ4n) is 3.18. The highest BCUT2D eigenvalue weighted by molar-refractivity contribution is 7.13. The van der Waals surface area contributed by atoms with Crippen molar-refractivity contribution in [1.82, 2.24) is 14.8 Å². The fraction of sp³-hybridized carbons (Fsp3) is 0.143. The average Bonchev–Trinajstić information content (AvgIpc) is 3.30. The Morgan fingerprint density at radius 1 is 1.00 bits per heavy atom. The summed E-state index contributed by atoms with van der Waals surface area (Å²) in [6.07, 6.45) is -4.74. The first-order valence-electron chi connectivity index (χ1n) is 8.88. The maximum atomic E-state index is 14.3. The lowest BCUT2D eigenvalue weighted by atomic mass is 10.0. The minimum absolute atomic E-state index is 0.0684. The Morgan fingerprint density at radius 3 is 2.30 bits per heavy atom. The third-order valence-electron chi connectivity index (χ3n) is 4.65. The van der Waals surface area contributed by atoms with Gasteiger partial charge in [0.05, 0.1) is 11.3 Å². The molecule has 5 nitrogen and oxygen atoms in total. The molecule has 4 aromatic rings. The number of alkyl halides is 3. The molecule has 0 bridgehead atoms. The van der Waals surface area contributed by atoms with E-state index < -0.39 is 11.9 Å². The summed E-state index contributed by atoms with van der Waals surface area (Å²) in [5.41, 5.74) is -0.243. The maximum Gasteiger partial charge on any atom is 0.434 e. The van der Waals surface area contributed by atoms with Crippen LogP contribution < -0.4 is 0 Å². The number of phenols is 2. The Hall–Kier alpha value is -3.33. The zero-order valence-corrected chi connectivity index (χ0v) is 16.7. The molecular weight excluding hydrogens is 415 g/mol. The first-order valence-corrected chi connectivity index (χ1v) is 9.76. The third-order valence-corrected chi connectivity index (χ3v) is 5.62. The topological polar surface area (TPSA) is 71.2 Å². The normalized spacial score (nSPS) is 11.8. The predicted octanol–water partition coefficient (Wildman–Crippen LogP) is 5.71. The molecule has 2 aromatic carbocycles. The molecule has 154 valence electrons. The van der Waals surface area contributed by atoms with Crippen LogP contribution in [0.1, 0.15) is 17.0 Å². The number of rotatable bonds is 3. The highest BCUT2D eigenvalue weighted by Crippen LogP contribution is 2.47. The first kappa shape index (κ1) is 20.0. The quantitative estimate of drug-likeness (QED) is 0.436. The first-order chi connectivity index (χ1) is 14.2. The van der Waals surface area contributed by atoms with Gasteiger partial charge in [-0.25, -0.2) is 9.67 Å². The van der Waals surface area contributed by atoms with Gasteiger partial charge in [0, 0.05) is 22.2 Å². The molecule has 0 aliphatic rings. The lowest BCUT2D eigenvalue weighted by Gasteiger charge is -2.12. The SMILES string of the molecule is Cc1csc(-c2c(-c3ccc(O)c(C)c3O)nn(-c3ccccc3)c2C(F)(F)F)n1. The van der Waals surface area contributed by atoms with E-state index >= 15 is 0 Å². The summed E-state index contributed by atoms with van der Waals surface area (Å²) in [6, 6.07) is 10.6. The van der Waals surface area contributed by atoms with Crippen LogP contribution in [0.25, 0.3) is 27.5 Å². The number of aryl methyl sites for hydroxylation is 1. The number of para-hydroxylation sites is 1. The molecule has 0 radical (unpaired) electrons. The summed E-state index contributed by atoms with van der Waals surface area (Å²) in [4.78, 5) is 4.25. The minimum Gasteiger partial charge on any atom is -0.508 e.